The van der Waals surface area contributed by atoms with Gasteiger partial charge in [0.1, 0.15) is 0 Å². The summed E-state index contributed by atoms with van der Waals surface area (Å²) in [5.41, 5.74) is 1.41. The monoisotopic (exact) mass is 251 g/mol. The Bertz CT molecular complexity index is 286. The third-order valence-electron chi connectivity index (χ3n) is 3.25. The van der Waals surface area contributed by atoms with Crippen LogP contribution in [-0.2, 0) is 0 Å². The molecule has 0 spiro atoms. The molecule has 1 nitrogen and oxygen atoms in total. The van der Waals surface area contributed by atoms with E-state index >= 15 is 0 Å². The Kier molecular flexibility index (Phi) is 7.38. The van der Waals surface area contributed by atoms with Gasteiger partial charge in [-0.1, -0.05) is 50.6 Å². The maximum absolute atomic E-state index is 4.50. The molecule has 0 aliphatic rings. The molecule has 0 heterocycles. The largest absolute Gasteiger partial charge is 0.303 e. The number of unbranched alkanes of at least 4 members (excludes halogenated alkanes) is 1. The highest BCUT2D eigenvalue weighted by molar-refractivity contribution is 7.80. The molecular weight excluding hydrogens is 226 g/mol. The Morgan fingerprint density at radius 3 is 2.41 bits per heavy atom. The van der Waals surface area contributed by atoms with Crippen LogP contribution in [0.3, 0.4) is 0 Å². The van der Waals surface area contributed by atoms with E-state index < -0.39 is 0 Å². The molecule has 96 valence electrons. The molecule has 0 fully saturated rings. The van der Waals surface area contributed by atoms with E-state index in [4.69, 9.17) is 0 Å². The van der Waals surface area contributed by atoms with Crippen molar-refractivity contribution in [2.24, 2.45) is 0 Å². The van der Waals surface area contributed by atoms with Crippen molar-refractivity contribution >= 4 is 12.6 Å². The second-order valence-electron chi connectivity index (χ2n) is 4.54. The number of benzene rings is 1. The number of hydrogen-bond acceptors (Lipinski definition) is 2. The van der Waals surface area contributed by atoms with Crippen molar-refractivity contribution < 1.29 is 0 Å². The molecule has 0 aliphatic heterocycles. The summed E-state index contributed by atoms with van der Waals surface area (Å²) >= 11 is 4.50. The molecule has 17 heavy (non-hydrogen) atoms. The maximum Gasteiger partial charge on any atom is 0.00580 e. The lowest BCUT2D eigenvalue weighted by atomic mass is 10.0. The average Bonchev–Trinajstić information content (AvgIpc) is 2.40. The van der Waals surface area contributed by atoms with E-state index in [1.54, 1.807) is 0 Å². The van der Waals surface area contributed by atoms with Crippen molar-refractivity contribution in [2.45, 2.75) is 32.6 Å². The minimum absolute atomic E-state index is 0.552. The van der Waals surface area contributed by atoms with E-state index in [0.717, 1.165) is 18.8 Å². The maximum atomic E-state index is 4.50. The van der Waals surface area contributed by atoms with E-state index in [9.17, 15) is 0 Å². The van der Waals surface area contributed by atoms with Gasteiger partial charge >= 0.3 is 0 Å². The summed E-state index contributed by atoms with van der Waals surface area (Å²) in [6.07, 6.45) is 2.56. The van der Waals surface area contributed by atoms with Gasteiger partial charge in [0.2, 0.25) is 0 Å². The lowest BCUT2D eigenvalue weighted by Gasteiger charge is -2.25. The number of hydrogen-bond donors (Lipinski definition) is 1. The average molecular weight is 251 g/mol. The summed E-state index contributed by atoms with van der Waals surface area (Å²) in [7, 11) is 0. The molecule has 0 aromatic heterocycles. The highest BCUT2D eigenvalue weighted by Gasteiger charge is 2.13. The Morgan fingerprint density at radius 1 is 1.18 bits per heavy atom. The number of likely N-dealkylation sites (N-methyl/N-ethyl adjacent to an activating group) is 1. The zero-order chi connectivity index (χ0) is 12.5. The smallest absolute Gasteiger partial charge is 0.00580 e. The molecule has 0 amide bonds. The molecule has 0 saturated heterocycles. The van der Waals surface area contributed by atoms with Crippen LogP contribution in [0.25, 0.3) is 0 Å². The second kappa shape index (κ2) is 8.60. The lowest BCUT2D eigenvalue weighted by Crippen LogP contribution is -2.30. The molecule has 0 bridgehead atoms. The molecule has 0 aliphatic carbocycles. The fraction of sp³-hybridized carbons (Fsp3) is 0.600. The number of nitrogens with zero attached hydrogens (tertiary/aromatic N) is 1. The van der Waals surface area contributed by atoms with E-state index in [0.29, 0.717) is 5.92 Å². The van der Waals surface area contributed by atoms with Crippen LogP contribution in [0.1, 0.15) is 38.2 Å². The minimum Gasteiger partial charge on any atom is -0.303 e. The SMILES string of the molecule is CCCCN(CC)CC(CS)c1ccccc1. The van der Waals surface area contributed by atoms with Gasteiger partial charge in [-0.05, 0) is 30.8 Å². The quantitative estimate of drug-likeness (QED) is 0.687. The Hall–Kier alpha value is -0.470. The molecule has 2 heteroatoms. The summed E-state index contributed by atoms with van der Waals surface area (Å²) in [4.78, 5) is 2.54. The van der Waals surface area contributed by atoms with Gasteiger partial charge in [-0.25, -0.2) is 0 Å². The third kappa shape index (κ3) is 5.13. The highest BCUT2D eigenvalue weighted by atomic mass is 32.1. The van der Waals surface area contributed by atoms with Gasteiger partial charge in [0.15, 0.2) is 0 Å². The van der Waals surface area contributed by atoms with Gasteiger partial charge < -0.3 is 4.90 Å². The van der Waals surface area contributed by atoms with Gasteiger partial charge in [-0.15, -0.1) is 0 Å². The van der Waals surface area contributed by atoms with E-state index in [1.165, 1.54) is 24.9 Å². The Balaban J connectivity index is 2.56. The number of thiol groups is 1. The standard InChI is InChI=1S/C15H25NS/c1-3-5-11-16(4-2)12-15(13-17)14-9-7-6-8-10-14/h6-10,15,17H,3-5,11-13H2,1-2H3. The van der Waals surface area contributed by atoms with Crippen LogP contribution in [0, 0.1) is 0 Å². The fourth-order valence-corrected chi connectivity index (χ4v) is 2.39. The first-order valence-corrected chi connectivity index (χ1v) is 7.33. The van der Waals surface area contributed by atoms with E-state index in [2.05, 4.69) is 61.7 Å². The summed E-state index contributed by atoms with van der Waals surface area (Å²) in [6.45, 7) is 7.97. The van der Waals surface area contributed by atoms with Crippen LogP contribution < -0.4 is 0 Å². The fourth-order valence-electron chi connectivity index (χ4n) is 2.07. The van der Waals surface area contributed by atoms with Crippen molar-refractivity contribution in [2.75, 3.05) is 25.4 Å². The van der Waals surface area contributed by atoms with Crippen molar-refractivity contribution in [1.29, 1.82) is 0 Å². The van der Waals surface area contributed by atoms with E-state index in [1.807, 2.05) is 0 Å². The minimum atomic E-state index is 0.552. The van der Waals surface area contributed by atoms with Gasteiger partial charge in [-0.2, -0.15) is 12.6 Å². The zero-order valence-electron chi connectivity index (χ0n) is 11.1. The Labute approximate surface area is 112 Å². The van der Waals surface area contributed by atoms with Crippen molar-refractivity contribution in [3.05, 3.63) is 35.9 Å². The van der Waals surface area contributed by atoms with Gasteiger partial charge in [0, 0.05) is 12.5 Å². The normalized spacial score (nSPS) is 12.9. The van der Waals surface area contributed by atoms with Crippen molar-refractivity contribution in [3.63, 3.8) is 0 Å². The molecular formula is C15H25NS. The van der Waals surface area contributed by atoms with E-state index in [-0.39, 0.29) is 0 Å². The first kappa shape index (κ1) is 14.6. The van der Waals surface area contributed by atoms with Crippen molar-refractivity contribution in [3.8, 4) is 0 Å². The number of rotatable bonds is 8. The van der Waals surface area contributed by atoms with Crippen LogP contribution >= 0.6 is 12.6 Å². The predicted octanol–water partition coefficient (Wildman–Crippen LogP) is 3.82. The van der Waals surface area contributed by atoms with Crippen LogP contribution in [0.4, 0.5) is 0 Å². The first-order valence-electron chi connectivity index (χ1n) is 6.69. The van der Waals surface area contributed by atoms with Crippen LogP contribution in [0.15, 0.2) is 30.3 Å². The zero-order valence-corrected chi connectivity index (χ0v) is 12.0. The molecule has 0 radical (unpaired) electrons. The highest BCUT2D eigenvalue weighted by Crippen LogP contribution is 2.18. The topological polar surface area (TPSA) is 3.24 Å². The lowest BCUT2D eigenvalue weighted by molar-refractivity contribution is 0.271. The molecule has 1 rings (SSSR count). The Morgan fingerprint density at radius 2 is 1.88 bits per heavy atom. The third-order valence-corrected chi connectivity index (χ3v) is 3.69. The summed E-state index contributed by atoms with van der Waals surface area (Å²) in [5.74, 6) is 1.48. The van der Waals surface area contributed by atoms with Gasteiger partial charge in [-0.3, -0.25) is 0 Å². The van der Waals surface area contributed by atoms with Gasteiger partial charge in [0.05, 0.1) is 0 Å². The van der Waals surface area contributed by atoms with Crippen LogP contribution in [0.5, 0.6) is 0 Å². The molecule has 1 aromatic rings. The molecule has 0 N–H and O–H groups in total. The van der Waals surface area contributed by atoms with Crippen LogP contribution in [-0.4, -0.2) is 30.3 Å². The summed E-state index contributed by atoms with van der Waals surface area (Å²) in [5, 5.41) is 0. The van der Waals surface area contributed by atoms with Crippen molar-refractivity contribution in [1.82, 2.24) is 4.90 Å². The summed E-state index contributed by atoms with van der Waals surface area (Å²) < 4.78 is 0. The summed E-state index contributed by atoms with van der Waals surface area (Å²) in [6, 6.07) is 10.7. The van der Waals surface area contributed by atoms with Crippen LogP contribution in [0.2, 0.25) is 0 Å². The predicted molar refractivity (Wildman–Crippen MR) is 80.1 cm³/mol. The first-order chi connectivity index (χ1) is 8.31. The molecule has 1 atom stereocenters. The molecule has 1 unspecified atom stereocenters. The second-order valence-corrected chi connectivity index (χ2v) is 4.90. The molecule has 0 saturated carbocycles. The molecule has 1 aromatic carbocycles. The van der Waals surface area contributed by atoms with Gasteiger partial charge in [0.25, 0.3) is 0 Å².